The molecule has 0 aromatic carbocycles. The lowest BCUT2D eigenvalue weighted by Crippen LogP contribution is -2.51. The van der Waals surface area contributed by atoms with Crippen molar-refractivity contribution in [1.29, 1.82) is 0 Å². The summed E-state index contributed by atoms with van der Waals surface area (Å²) in [7, 11) is 1.58. The van der Waals surface area contributed by atoms with E-state index in [0.717, 1.165) is 0 Å². The van der Waals surface area contributed by atoms with E-state index in [1.54, 1.807) is 20.4 Å². The summed E-state index contributed by atoms with van der Waals surface area (Å²) in [6.45, 7) is 4.93. The molecule has 5 nitrogen and oxygen atoms in total. The van der Waals surface area contributed by atoms with Crippen LogP contribution >= 0.6 is 0 Å². The van der Waals surface area contributed by atoms with Crippen molar-refractivity contribution in [2.24, 2.45) is 0 Å². The van der Waals surface area contributed by atoms with E-state index in [9.17, 15) is 4.79 Å². The number of ether oxygens (including phenoxy) is 1. The van der Waals surface area contributed by atoms with Gasteiger partial charge in [0.2, 0.25) is 0 Å². The third kappa shape index (κ3) is 3.37. The normalized spacial score (nSPS) is 12.7. The van der Waals surface area contributed by atoms with Crippen molar-refractivity contribution in [2.45, 2.75) is 26.0 Å². The predicted molar refractivity (Wildman–Crippen MR) is 52.8 cm³/mol. The summed E-state index contributed by atoms with van der Waals surface area (Å²) in [6, 6.07) is 0. The lowest BCUT2D eigenvalue weighted by atomic mass is 10.1. The molecule has 0 amide bonds. The molecule has 0 unspecified atom stereocenters. The molecule has 0 fully saturated rings. The Hall–Kier alpha value is -0.433. The molecule has 6 heteroatoms. The molecule has 0 saturated heterocycles. The van der Waals surface area contributed by atoms with Gasteiger partial charge in [-0.2, -0.15) is 0 Å². The molecule has 14 heavy (non-hydrogen) atoms. The molecule has 0 aromatic rings. The Bertz CT molecular complexity index is 200. The van der Waals surface area contributed by atoms with Crippen molar-refractivity contribution in [3.63, 3.8) is 0 Å². The van der Waals surface area contributed by atoms with Crippen LogP contribution in [0.1, 0.15) is 13.8 Å². The van der Waals surface area contributed by atoms with Crippen LogP contribution in [0.25, 0.3) is 0 Å². The maximum Gasteiger partial charge on any atom is 0.498 e. The number of carbonyl (C=O) groups excluding carboxylic acids is 1. The zero-order valence-electron chi connectivity index (χ0n) is 9.54. The molecule has 0 aliphatic heterocycles. The first-order valence-corrected chi connectivity index (χ1v) is 6.42. The molecule has 0 rings (SSSR count). The molecule has 0 bridgehead atoms. The van der Waals surface area contributed by atoms with Gasteiger partial charge in [-0.25, -0.2) is 4.79 Å². The summed E-state index contributed by atoms with van der Waals surface area (Å²) < 4.78 is 20.3. The number of esters is 1. The van der Waals surface area contributed by atoms with E-state index in [1.165, 1.54) is 21.3 Å². The summed E-state index contributed by atoms with van der Waals surface area (Å²) in [5.41, 5.74) is -1.05. The van der Waals surface area contributed by atoms with Crippen LogP contribution in [-0.2, 0) is 22.8 Å². The highest BCUT2D eigenvalue weighted by Crippen LogP contribution is 2.19. The highest BCUT2D eigenvalue weighted by atomic mass is 28.4. The molecule has 0 N–H and O–H groups in total. The van der Waals surface area contributed by atoms with Gasteiger partial charge in [-0.05, 0) is 13.8 Å². The zero-order valence-corrected chi connectivity index (χ0v) is 10.5. The van der Waals surface area contributed by atoms with Gasteiger partial charge in [-0.3, -0.25) is 0 Å². The quantitative estimate of drug-likeness (QED) is 0.509. The molecule has 0 radical (unpaired) electrons. The molecule has 0 heterocycles. The van der Waals surface area contributed by atoms with Gasteiger partial charge in [0.05, 0.1) is 7.11 Å². The third-order valence-electron chi connectivity index (χ3n) is 1.86. The Balaban J connectivity index is 4.55. The Morgan fingerprint density at radius 1 is 1.14 bits per heavy atom. The predicted octanol–water partition coefficient (Wildman–Crippen LogP) is 0.816. The number of methoxy groups -OCH3 is 1. The first-order chi connectivity index (χ1) is 6.31. The standard InChI is InChI=1S/C8H18O5Si/c1-8(2,7(9)10-3)13-14(6,11-4)12-5/h1-6H3. The summed E-state index contributed by atoms with van der Waals surface area (Å²) in [5, 5.41) is 0. The first kappa shape index (κ1) is 13.6. The van der Waals surface area contributed by atoms with E-state index in [1.807, 2.05) is 0 Å². The molecule has 0 spiro atoms. The van der Waals surface area contributed by atoms with E-state index in [4.69, 9.17) is 13.3 Å². The number of hydrogen-bond acceptors (Lipinski definition) is 5. The second kappa shape index (κ2) is 4.88. The van der Waals surface area contributed by atoms with Gasteiger partial charge in [0.1, 0.15) is 0 Å². The second-order valence-corrected chi connectivity index (χ2v) is 6.12. The Morgan fingerprint density at radius 3 is 1.86 bits per heavy atom. The highest BCUT2D eigenvalue weighted by molar-refractivity contribution is 6.59. The molecular weight excluding hydrogens is 204 g/mol. The van der Waals surface area contributed by atoms with Crippen LogP contribution < -0.4 is 0 Å². The number of hydrogen-bond donors (Lipinski definition) is 0. The number of rotatable bonds is 5. The first-order valence-electron chi connectivity index (χ1n) is 4.20. The third-order valence-corrected chi connectivity index (χ3v) is 4.22. The monoisotopic (exact) mass is 222 g/mol. The Morgan fingerprint density at radius 2 is 1.57 bits per heavy atom. The van der Waals surface area contributed by atoms with Gasteiger partial charge in [0, 0.05) is 20.8 Å². The zero-order chi connectivity index (χ0) is 11.4. The van der Waals surface area contributed by atoms with Crippen molar-refractivity contribution in [3.05, 3.63) is 0 Å². The van der Waals surface area contributed by atoms with E-state index in [-0.39, 0.29) is 0 Å². The van der Waals surface area contributed by atoms with Crippen molar-refractivity contribution >= 4 is 14.8 Å². The van der Waals surface area contributed by atoms with Gasteiger partial charge < -0.3 is 18.0 Å². The number of carbonyl (C=O) groups is 1. The van der Waals surface area contributed by atoms with E-state index in [2.05, 4.69) is 4.74 Å². The van der Waals surface area contributed by atoms with Crippen LogP contribution in [0, 0.1) is 0 Å². The van der Waals surface area contributed by atoms with Gasteiger partial charge in [0.15, 0.2) is 5.60 Å². The van der Waals surface area contributed by atoms with E-state index >= 15 is 0 Å². The maximum atomic E-state index is 11.3. The Labute approximate surface area is 85.7 Å². The van der Waals surface area contributed by atoms with Crippen LogP contribution in [0.2, 0.25) is 6.55 Å². The summed E-state index contributed by atoms with van der Waals surface area (Å²) in [4.78, 5) is 11.3. The van der Waals surface area contributed by atoms with Gasteiger partial charge >= 0.3 is 14.8 Å². The minimum Gasteiger partial charge on any atom is -0.467 e. The van der Waals surface area contributed by atoms with E-state index < -0.39 is 20.4 Å². The maximum absolute atomic E-state index is 11.3. The molecule has 84 valence electrons. The topological polar surface area (TPSA) is 54.0 Å². The molecular formula is C8H18O5Si. The average molecular weight is 222 g/mol. The SMILES string of the molecule is COC(=O)C(C)(C)O[Si](C)(OC)OC. The lowest BCUT2D eigenvalue weighted by Gasteiger charge is -2.31. The summed E-state index contributed by atoms with van der Waals surface area (Å²) in [6.07, 6.45) is 0. The van der Waals surface area contributed by atoms with Gasteiger partial charge in [-0.1, -0.05) is 0 Å². The Kier molecular flexibility index (Phi) is 4.73. The van der Waals surface area contributed by atoms with Crippen LogP contribution in [0.15, 0.2) is 0 Å². The smallest absolute Gasteiger partial charge is 0.467 e. The fraction of sp³-hybridized carbons (Fsp3) is 0.875. The van der Waals surface area contributed by atoms with Gasteiger partial charge in [0.25, 0.3) is 0 Å². The average Bonchev–Trinajstić information content (AvgIpc) is 2.15. The van der Waals surface area contributed by atoms with Crippen molar-refractivity contribution in [3.8, 4) is 0 Å². The molecule has 0 aliphatic carbocycles. The van der Waals surface area contributed by atoms with Crippen LogP contribution in [0.3, 0.4) is 0 Å². The largest absolute Gasteiger partial charge is 0.498 e. The van der Waals surface area contributed by atoms with Gasteiger partial charge in [-0.15, -0.1) is 0 Å². The minimum absolute atomic E-state index is 0.453. The van der Waals surface area contributed by atoms with Crippen LogP contribution in [0.4, 0.5) is 0 Å². The second-order valence-electron chi connectivity index (χ2n) is 3.37. The molecule has 0 aliphatic rings. The molecule has 0 saturated carbocycles. The summed E-state index contributed by atoms with van der Waals surface area (Å²) >= 11 is 0. The summed E-state index contributed by atoms with van der Waals surface area (Å²) in [5.74, 6) is -0.453. The van der Waals surface area contributed by atoms with Crippen molar-refractivity contribution in [2.75, 3.05) is 21.3 Å². The van der Waals surface area contributed by atoms with E-state index in [0.29, 0.717) is 0 Å². The van der Waals surface area contributed by atoms with Crippen LogP contribution in [-0.4, -0.2) is 41.7 Å². The lowest BCUT2D eigenvalue weighted by molar-refractivity contribution is -0.159. The fourth-order valence-electron chi connectivity index (χ4n) is 0.918. The molecule has 0 aromatic heterocycles. The van der Waals surface area contributed by atoms with Crippen molar-refractivity contribution < 1.29 is 22.8 Å². The van der Waals surface area contributed by atoms with Crippen molar-refractivity contribution in [1.82, 2.24) is 0 Å². The molecule has 0 atom stereocenters. The highest BCUT2D eigenvalue weighted by Gasteiger charge is 2.43. The minimum atomic E-state index is -2.71. The van der Waals surface area contributed by atoms with Crippen LogP contribution in [0.5, 0.6) is 0 Å². The fourth-order valence-corrected chi connectivity index (χ4v) is 2.26.